The molecule has 0 aliphatic carbocycles. The van der Waals surface area contributed by atoms with E-state index in [4.69, 9.17) is 9.47 Å². The van der Waals surface area contributed by atoms with Crippen LogP contribution >= 0.6 is 0 Å². The van der Waals surface area contributed by atoms with Gasteiger partial charge in [-0.15, -0.1) is 0 Å². The summed E-state index contributed by atoms with van der Waals surface area (Å²) in [5.41, 5.74) is 2.28. The Hall–Kier alpha value is -2.11. The van der Waals surface area contributed by atoms with Crippen LogP contribution in [0.4, 0.5) is 10.1 Å². The average molecular weight is 356 g/mol. The van der Waals surface area contributed by atoms with Crippen LogP contribution in [0.15, 0.2) is 42.5 Å². The first-order valence-electron chi connectivity index (χ1n) is 9.27. The molecule has 4 rings (SSSR count). The van der Waals surface area contributed by atoms with Gasteiger partial charge in [0.2, 0.25) is 0 Å². The Morgan fingerprint density at radius 1 is 1.12 bits per heavy atom. The number of rotatable bonds is 3. The Balaban J connectivity index is 1.48. The van der Waals surface area contributed by atoms with E-state index in [1.54, 1.807) is 12.1 Å². The maximum absolute atomic E-state index is 13.4. The van der Waals surface area contributed by atoms with Gasteiger partial charge in [0.25, 0.3) is 0 Å². The molecule has 2 aromatic carbocycles. The summed E-state index contributed by atoms with van der Waals surface area (Å²) in [5, 5.41) is 3.46. The van der Waals surface area contributed by atoms with Crippen LogP contribution in [0, 0.1) is 12.7 Å². The Morgan fingerprint density at radius 3 is 2.69 bits per heavy atom. The van der Waals surface area contributed by atoms with Crippen molar-refractivity contribution < 1.29 is 13.9 Å². The molecular formula is C21H25FN2O2. The molecule has 2 aliphatic heterocycles. The molecule has 2 aliphatic rings. The Bertz CT molecular complexity index is 764. The standard InChI is InChI=1S/C21H25FN2O2/c1-16-11-18(14-20(12-16)26-19-4-2-3-17(22)13-19)24-8-5-21(6-9-24)15-23-7-10-25-21/h2-4,11-14,23H,5-10,15H2,1H3. The summed E-state index contributed by atoms with van der Waals surface area (Å²) in [7, 11) is 0. The first-order chi connectivity index (χ1) is 12.6. The summed E-state index contributed by atoms with van der Waals surface area (Å²) >= 11 is 0. The van der Waals surface area contributed by atoms with E-state index in [0.29, 0.717) is 5.75 Å². The molecule has 138 valence electrons. The van der Waals surface area contributed by atoms with E-state index in [1.165, 1.54) is 12.1 Å². The third-order valence-corrected chi connectivity index (χ3v) is 5.24. The zero-order valence-corrected chi connectivity index (χ0v) is 15.1. The van der Waals surface area contributed by atoms with Crippen molar-refractivity contribution in [2.45, 2.75) is 25.4 Å². The third-order valence-electron chi connectivity index (χ3n) is 5.24. The summed E-state index contributed by atoms with van der Waals surface area (Å²) in [6, 6.07) is 12.4. The van der Waals surface area contributed by atoms with Crippen LogP contribution in [-0.2, 0) is 4.74 Å². The largest absolute Gasteiger partial charge is 0.457 e. The second kappa shape index (κ2) is 7.25. The lowest BCUT2D eigenvalue weighted by Crippen LogP contribution is -2.55. The lowest BCUT2D eigenvalue weighted by atomic mass is 9.89. The van der Waals surface area contributed by atoms with Crippen molar-refractivity contribution in [3.05, 3.63) is 53.8 Å². The van der Waals surface area contributed by atoms with Gasteiger partial charge in [-0.2, -0.15) is 0 Å². The number of hydrogen-bond acceptors (Lipinski definition) is 4. The molecule has 0 amide bonds. The predicted octanol–water partition coefficient (Wildman–Crippen LogP) is 3.89. The van der Waals surface area contributed by atoms with Crippen LogP contribution in [0.5, 0.6) is 11.5 Å². The molecule has 1 N–H and O–H groups in total. The minimum atomic E-state index is -0.294. The zero-order chi connectivity index (χ0) is 18.0. The van der Waals surface area contributed by atoms with Gasteiger partial charge in [-0.25, -0.2) is 4.39 Å². The summed E-state index contributed by atoms with van der Waals surface area (Å²) in [6.07, 6.45) is 2.04. The molecule has 0 atom stereocenters. The Labute approximate surface area is 153 Å². The van der Waals surface area contributed by atoms with Crippen LogP contribution in [0.1, 0.15) is 18.4 Å². The summed E-state index contributed by atoms with van der Waals surface area (Å²) in [5.74, 6) is 0.958. The zero-order valence-electron chi connectivity index (χ0n) is 15.1. The fraction of sp³-hybridized carbons (Fsp3) is 0.429. The van der Waals surface area contributed by atoms with Crippen LogP contribution in [0.2, 0.25) is 0 Å². The van der Waals surface area contributed by atoms with Gasteiger partial charge in [0, 0.05) is 44.0 Å². The normalized spacial score (nSPS) is 19.5. The van der Waals surface area contributed by atoms with Crippen LogP contribution in [0.3, 0.4) is 0 Å². The number of aryl methyl sites for hydroxylation is 1. The van der Waals surface area contributed by atoms with E-state index in [2.05, 4.69) is 23.2 Å². The topological polar surface area (TPSA) is 33.7 Å². The van der Waals surface area contributed by atoms with Crippen molar-refractivity contribution >= 4 is 5.69 Å². The number of anilines is 1. The molecule has 2 heterocycles. The quantitative estimate of drug-likeness (QED) is 0.905. The number of ether oxygens (including phenoxy) is 2. The first-order valence-corrected chi connectivity index (χ1v) is 9.27. The van der Waals surface area contributed by atoms with E-state index in [0.717, 1.165) is 62.6 Å². The van der Waals surface area contributed by atoms with Gasteiger partial charge in [0.15, 0.2) is 0 Å². The second-order valence-electron chi connectivity index (χ2n) is 7.26. The van der Waals surface area contributed by atoms with Gasteiger partial charge in [-0.05, 0) is 49.6 Å². The molecule has 0 radical (unpaired) electrons. The number of nitrogens with zero attached hydrogens (tertiary/aromatic N) is 1. The predicted molar refractivity (Wildman–Crippen MR) is 101 cm³/mol. The highest BCUT2D eigenvalue weighted by atomic mass is 19.1. The molecule has 0 aromatic heterocycles. The second-order valence-corrected chi connectivity index (χ2v) is 7.26. The minimum Gasteiger partial charge on any atom is -0.457 e. The molecular weight excluding hydrogens is 331 g/mol. The molecule has 0 saturated carbocycles. The number of morpholine rings is 1. The van der Waals surface area contributed by atoms with E-state index < -0.39 is 0 Å². The monoisotopic (exact) mass is 356 g/mol. The highest BCUT2D eigenvalue weighted by Gasteiger charge is 2.37. The van der Waals surface area contributed by atoms with Crippen molar-refractivity contribution in [2.24, 2.45) is 0 Å². The minimum absolute atomic E-state index is 0.000525. The molecule has 0 bridgehead atoms. The number of nitrogens with one attached hydrogen (secondary N) is 1. The molecule has 4 nitrogen and oxygen atoms in total. The van der Waals surface area contributed by atoms with Crippen molar-refractivity contribution in [3.63, 3.8) is 0 Å². The van der Waals surface area contributed by atoms with Crippen molar-refractivity contribution in [1.29, 1.82) is 0 Å². The van der Waals surface area contributed by atoms with Crippen LogP contribution in [0.25, 0.3) is 0 Å². The van der Waals surface area contributed by atoms with Gasteiger partial charge in [-0.1, -0.05) is 6.07 Å². The number of benzene rings is 2. The SMILES string of the molecule is Cc1cc(Oc2cccc(F)c2)cc(N2CCC3(CC2)CNCCO3)c1. The summed E-state index contributed by atoms with van der Waals surface area (Å²) in [6.45, 7) is 6.68. The number of halogens is 1. The lowest BCUT2D eigenvalue weighted by Gasteiger charge is -2.44. The van der Waals surface area contributed by atoms with E-state index in [1.807, 2.05) is 12.1 Å². The molecule has 26 heavy (non-hydrogen) atoms. The number of hydrogen-bond donors (Lipinski definition) is 1. The van der Waals surface area contributed by atoms with E-state index in [9.17, 15) is 4.39 Å². The van der Waals surface area contributed by atoms with Crippen LogP contribution < -0.4 is 15.0 Å². The highest BCUT2D eigenvalue weighted by molar-refractivity contribution is 5.54. The van der Waals surface area contributed by atoms with E-state index in [-0.39, 0.29) is 11.4 Å². The first kappa shape index (κ1) is 17.3. The fourth-order valence-electron chi connectivity index (χ4n) is 3.84. The average Bonchev–Trinajstić information content (AvgIpc) is 2.62. The highest BCUT2D eigenvalue weighted by Crippen LogP contribution is 2.33. The molecule has 5 heteroatoms. The van der Waals surface area contributed by atoms with E-state index >= 15 is 0 Å². The fourth-order valence-corrected chi connectivity index (χ4v) is 3.84. The molecule has 0 unspecified atom stereocenters. The smallest absolute Gasteiger partial charge is 0.130 e. The third kappa shape index (κ3) is 3.84. The molecule has 2 saturated heterocycles. The Kier molecular flexibility index (Phi) is 4.83. The lowest BCUT2D eigenvalue weighted by molar-refractivity contribution is -0.0799. The Morgan fingerprint density at radius 2 is 1.96 bits per heavy atom. The summed E-state index contributed by atoms with van der Waals surface area (Å²) in [4.78, 5) is 2.38. The molecule has 2 aromatic rings. The van der Waals surface area contributed by atoms with Crippen molar-refractivity contribution in [1.82, 2.24) is 5.32 Å². The molecule has 1 spiro atoms. The van der Waals surface area contributed by atoms with Crippen LogP contribution in [-0.4, -0.2) is 38.4 Å². The number of piperidine rings is 1. The van der Waals surface area contributed by atoms with Gasteiger partial charge in [0.1, 0.15) is 17.3 Å². The maximum atomic E-state index is 13.4. The van der Waals surface area contributed by atoms with Gasteiger partial charge >= 0.3 is 0 Å². The van der Waals surface area contributed by atoms with Gasteiger partial charge < -0.3 is 19.7 Å². The van der Waals surface area contributed by atoms with Gasteiger partial charge in [0.05, 0.1) is 12.2 Å². The van der Waals surface area contributed by atoms with Crippen molar-refractivity contribution in [2.75, 3.05) is 37.7 Å². The molecule has 2 fully saturated rings. The summed E-state index contributed by atoms with van der Waals surface area (Å²) < 4.78 is 25.3. The maximum Gasteiger partial charge on any atom is 0.130 e. The van der Waals surface area contributed by atoms with Gasteiger partial charge in [-0.3, -0.25) is 0 Å². The van der Waals surface area contributed by atoms with Crippen molar-refractivity contribution in [3.8, 4) is 11.5 Å².